The van der Waals surface area contributed by atoms with Gasteiger partial charge in [0.05, 0.1) is 5.75 Å². The van der Waals surface area contributed by atoms with Crippen LogP contribution in [0.4, 0.5) is 0 Å². The maximum atomic E-state index is 11.6. The molecule has 0 saturated heterocycles. The fourth-order valence-electron chi connectivity index (χ4n) is 2.01. The van der Waals surface area contributed by atoms with Crippen molar-refractivity contribution >= 4 is 10.0 Å². The van der Waals surface area contributed by atoms with Crippen molar-refractivity contribution in [3.63, 3.8) is 0 Å². The van der Waals surface area contributed by atoms with Crippen LogP contribution in [0, 0.1) is 5.92 Å². The molecule has 1 aliphatic rings. The van der Waals surface area contributed by atoms with Crippen molar-refractivity contribution in [1.82, 2.24) is 4.72 Å². The fourth-order valence-corrected chi connectivity index (χ4v) is 3.35. The average molecular weight is 247 g/mol. The van der Waals surface area contributed by atoms with Crippen LogP contribution in [0.3, 0.4) is 0 Å². The van der Waals surface area contributed by atoms with E-state index in [4.69, 9.17) is 5.11 Å². The Morgan fingerprint density at radius 1 is 1.31 bits per heavy atom. The van der Waals surface area contributed by atoms with Crippen molar-refractivity contribution in [2.24, 2.45) is 5.92 Å². The molecule has 0 heterocycles. The van der Waals surface area contributed by atoms with Gasteiger partial charge in [0.15, 0.2) is 0 Å². The minimum Gasteiger partial charge on any atom is -0.396 e. The number of allylic oxidation sites excluding steroid dienone is 1. The SMILES string of the molecule is C=CCCS(=O)(=O)NC1CCC(CO)CC1. The molecule has 5 heteroatoms. The minimum atomic E-state index is -3.15. The molecule has 0 atom stereocenters. The standard InChI is InChI=1S/C11H21NO3S/c1-2-3-8-16(14,15)12-11-6-4-10(9-13)5-7-11/h2,10-13H,1,3-9H2. The Labute approximate surface area is 97.8 Å². The van der Waals surface area contributed by atoms with E-state index in [1.165, 1.54) is 0 Å². The normalized spacial score (nSPS) is 26.6. The Kier molecular flexibility index (Phi) is 5.44. The van der Waals surface area contributed by atoms with Crippen LogP contribution < -0.4 is 4.72 Å². The second-order valence-corrected chi connectivity index (χ2v) is 6.29. The van der Waals surface area contributed by atoms with Crippen LogP contribution in [0.25, 0.3) is 0 Å². The maximum Gasteiger partial charge on any atom is 0.212 e. The number of sulfonamides is 1. The highest BCUT2D eigenvalue weighted by Crippen LogP contribution is 2.24. The molecule has 0 spiro atoms. The van der Waals surface area contributed by atoms with Gasteiger partial charge in [0, 0.05) is 12.6 Å². The second kappa shape index (κ2) is 6.37. The Hall–Kier alpha value is -0.390. The van der Waals surface area contributed by atoms with Gasteiger partial charge in [-0.15, -0.1) is 6.58 Å². The summed E-state index contributed by atoms with van der Waals surface area (Å²) in [6.07, 6.45) is 5.58. The first-order chi connectivity index (χ1) is 7.57. The first-order valence-corrected chi connectivity index (χ1v) is 7.44. The average Bonchev–Trinajstić information content (AvgIpc) is 2.27. The van der Waals surface area contributed by atoms with Gasteiger partial charge in [0.25, 0.3) is 0 Å². The highest BCUT2D eigenvalue weighted by atomic mass is 32.2. The van der Waals surface area contributed by atoms with Crippen molar-refractivity contribution in [2.75, 3.05) is 12.4 Å². The van der Waals surface area contributed by atoms with E-state index in [2.05, 4.69) is 11.3 Å². The summed E-state index contributed by atoms with van der Waals surface area (Å²) >= 11 is 0. The van der Waals surface area contributed by atoms with Gasteiger partial charge in [-0.3, -0.25) is 0 Å². The van der Waals surface area contributed by atoms with E-state index in [9.17, 15) is 8.42 Å². The first-order valence-electron chi connectivity index (χ1n) is 5.79. The number of nitrogens with one attached hydrogen (secondary N) is 1. The summed E-state index contributed by atoms with van der Waals surface area (Å²) in [5.41, 5.74) is 0. The van der Waals surface area contributed by atoms with Crippen molar-refractivity contribution in [3.05, 3.63) is 12.7 Å². The minimum absolute atomic E-state index is 0.0533. The molecular weight excluding hydrogens is 226 g/mol. The molecule has 0 amide bonds. The molecule has 1 fully saturated rings. The summed E-state index contributed by atoms with van der Waals surface area (Å²) in [6.45, 7) is 3.73. The molecule has 0 unspecified atom stereocenters. The van der Waals surface area contributed by atoms with E-state index in [1.54, 1.807) is 6.08 Å². The Bertz CT molecular complexity index is 305. The summed E-state index contributed by atoms with van der Waals surface area (Å²) in [5.74, 6) is 0.477. The molecule has 0 aromatic carbocycles. The molecule has 1 aliphatic carbocycles. The fraction of sp³-hybridized carbons (Fsp3) is 0.818. The van der Waals surface area contributed by atoms with Crippen LogP contribution in [-0.2, 0) is 10.0 Å². The molecule has 0 aromatic rings. The van der Waals surface area contributed by atoms with Gasteiger partial charge in [-0.05, 0) is 38.0 Å². The zero-order chi connectivity index (χ0) is 12.0. The van der Waals surface area contributed by atoms with E-state index < -0.39 is 10.0 Å². The largest absolute Gasteiger partial charge is 0.396 e. The second-order valence-electron chi connectivity index (χ2n) is 4.41. The topological polar surface area (TPSA) is 66.4 Å². The van der Waals surface area contributed by atoms with E-state index in [1.807, 2.05) is 0 Å². The molecule has 0 aliphatic heterocycles. The highest BCUT2D eigenvalue weighted by Gasteiger charge is 2.23. The van der Waals surface area contributed by atoms with Crippen LogP contribution >= 0.6 is 0 Å². The van der Waals surface area contributed by atoms with Crippen LogP contribution in [-0.4, -0.2) is 31.9 Å². The third kappa shape index (κ3) is 4.63. The van der Waals surface area contributed by atoms with Gasteiger partial charge in [0.1, 0.15) is 0 Å². The van der Waals surface area contributed by atoms with Gasteiger partial charge in [-0.2, -0.15) is 0 Å². The predicted molar refractivity (Wildman–Crippen MR) is 64.6 cm³/mol. The summed E-state index contributed by atoms with van der Waals surface area (Å²) in [5, 5.41) is 8.98. The Morgan fingerprint density at radius 3 is 2.44 bits per heavy atom. The van der Waals surface area contributed by atoms with Crippen molar-refractivity contribution in [2.45, 2.75) is 38.1 Å². The zero-order valence-electron chi connectivity index (χ0n) is 9.56. The molecule has 1 saturated carbocycles. The summed E-state index contributed by atoms with van der Waals surface area (Å²) in [7, 11) is -3.15. The number of hydrogen-bond acceptors (Lipinski definition) is 3. The molecule has 0 aromatic heterocycles. The van der Waals surface area contributed by atoms with Crippen LogP contribution in [0.2, 0.25) is 0 Å². The van der Waals surface area contributed by atoms with Gasteiger partial charge in [0.2, 0.25) is 10.0 Å². The monoisotopic (exact) mass is 247 g/mol. The lowest BCUT2D eigenvalue weighted by atomic mass is 9.87. The van der Waals surface area contributed by atoms with E-state index in [0.717, 1.165) is 25.7 Å². The number of aliphatic hydroxyl groups is 1. The van der Waals surface area contributed by atoms with Crippen molar-refractivity contribution in [3.8, 4) is 0 Å². The zero-order valence-corrected chi connectivity index (χ0v) is 10.4. The molecule has 16 heavy (non-hydrogen) atoms. The Balaban J connectivity index is 2.35. The van der Waals surface area contributed by atoms with Crippen molar-refractivity contribution < 1.29 is 13.5 Å². The lowest BCUT2D eigenvalue weighted by Gasteiger charge is -2.27. The smallest absolute Gasteiger partial charge is 0.212 e. The number of aliphatic hydroxyl groups excluding tert-OH is 1. The van der Waals surface area contributed by atoms with Crippen molar-refractivity contribution in [1.29, 1.82) is 0 Å². The third-order valence-corrected chi connectivity index (χ3v) is 4.51. The predicted octanol–water partition coefficient (Wildman–Crippen LogP) is 1.03. The molecule has 4 nitrogen and oxygen atoms in total. The van der Waals surface area contributed by atoms with Gasteiger partial charge in [-0.1, -0.05) is 6.08 Å². The van der Waals surface area contributed by atoms with E-state index in [-0.39, 0.29) is 18.4 Å². The third-order valence-electron chi connectivity index (χ3n) is 3.04. The molecule has 2 N–H and O–H groups in total. The Morgan fingerprint density at radius 2 is 1.94 bits per heavy atom. The van der Waals surface area contributed by atoms with Gasteiger partial charge >= 0.3 is 0 Å². The quantitative estimate of drug-likeness (QED) is 0.689. The lowest BCUT2D eigenvalue weighted by molar-refractivity contribution is 0.180. The molecule has 94 valence electrons. The van der Waals surface area contributed by atoms with Crippen LogP contribution in [0.15, 0.2) is 12.7 Å². The molecule has 0 bridgehead atoms. The molecular formula is C11H21NO3S. The summed E-state index contributed by atoms with van der Waals surface area (Å²) < 4.78 is 25.9. The van der Waals surface area contributed by atoms with Gasteiger partial charge < -0.3 is 5.11 Å². The van der Waals surface area contributed by atoms with E-state index >= 15 is 0 Å². The van der Waals surface area contributed by atoms with E-state index in [0.29, 0.717) is 12.3 Å². The maximum absolute atomic E-state index is 11.6. The first kappa shape index (κ1) is 13.7. The number of rotatable bonds is 6. The van der Waals surface area contributed by atoms with Crippen LogP contribution in [0.5, 0.6) is 0 Å². The summed E-state index contributed by atoms with van der Waals surface area (Å²) in [6, 6.07) is 0.0533. The molecule has 1 rings (SSSR count). The van der Waals surface area contributed by atoms with Gasteiger partial charge in [-0.25, -0.2) is 13.1 Å². The lowest BCUT2D eigenvalue weighted by Crippen LogP contribution is -2.39. The highest BCUT2D eigenvalue weighted by molar-refractivity contribution is 7.89. The molecule has 0 radical (unpaired) electrons. The summed E-state index contributed by atoms with van der Waals surface area (Å²) in [4.78, 5) is 0. The van der Waals surface area contributed by atoms with Crippen LogP contribution in [0.1, 0.15) is 32.1 Å². The number of hydrogen-bond donors (Lipinski definition) is 2.